The summed E-state index contributed by atoms with van der Waals surface area (Å²) in [6.07, 6.45) is 0. The van der Waals surface area contributed by atoms with Crippen molar-refractivity contribution in [2.45, 2.75) is 6.61 Å². The summed E-state index contributed by atoms with van der Waals surface area (Å²) in [7, 11) is 0. The Labute approximate surface area is 145 Å². The Kier molecular flexibility index (Phi) is 4.73. The van der Waals surface area contributed by atoms with Gasteiger partial charge in [0.25, 0.3) is 5.89 Å². The molecule has 23 heavy (non-hydrogen) atoms. The molecule has 1 heterocycles. The van der Waals surface area contributed by atoms with Crippen LogP contribution in [0.2, 0.25) is 5.02 Å². The standard InChI is InChI=1S/C16H10BrClN2O3/c17-12-5-1-4-11(7-12)16(21)22-9-14-19-15(20-23-14)10-3-2-6-13(18)8-10/h1-8H,9H2. The fourth-order valence-corrected chi connectivity index (χ4v) is 2.47. The van der Waals surface area contributed by atoms with Gasteiger partial charge < -0.3 is 9.26 Å². The highest BCUT2D eigenvalue weighted by Gasteiger charge is 2.13. The number of carbonyl (C=O) groups is 1. The van der Waals surface area contributed by atoms with Crippen molar-refractivity contribution in [3.05, 3.63) is 69.5 Å². The maximum absolute atomic E-state index is 11.9. The first-order valence-electron chi connectivity index (χ1n) is 6.63. The van der Waals surface area contributed by atoms with Crippen molar-refractivity contribution in [3.63, 3.8) is 0 Å². The van der Waals surface area contributed by atoms with Crippen molar-refractivity contribution in [3.8, 4) is 11.4 Å². The van der Waals surface area contributed by atoms with Crippen molar-refractivity contribution >= 4 is 33.5 Å². The third-order valence-corrected chi connectivity index (χ3v) is 3.67. The van der Waals surface area contributed by atoms with E-state index in [0.717, 1.165) is 10.0 Å². The van der Waals surface area contributed by atoms with Gasteiger partial charge in [-0.1, -0.05) is 50.9 Å². The van der Waals surface area contributed by atoms with Gasteiger partial charge in [-0.25, -0.2) is 4.79 Å². The Hall–Kier alpha value is -2.18. The van der Waals surface area contributed by atoms with Crippen molar-refractivity contribution in [2.24, 2.45) is 0 Å². The lowest BCUT2D eigenvalue weighted by atomic mass is 10.2. The molecule has 0 radical (unpaired) electrons. The third kappa shape index (κ3) is 3.97. The number of hydrogen-bond donors (Lipinski definition) is 0. The van der Waals surface area contributed by atoms with Crippen LogP contribution in [0.4, 0.5) is 0 Å². The molecule has 0 amide bonds. The van der Waals surface area contributed by atoms with Gasteiger partial charge in [0.1, 0.15) is 0 Å². The van der Waals surface area contributed by atoms with Crippen LogP contribution in [0.5, 0.6) is 0 Å². The number of rotatable bonds is 4. The molecule has 0 atom stereocenters. The van der Waals surface area contributed by atoms with Gasteiger partial charge in [0, 0.05) is 15.1 Å². The van der Waals surface area contributed by atoms with E-state index in [1.54, 1.807) is 36.4 Å². The van der Waals surface area contributed by atoms with Crippen LogP contribution in [0.15, 0.2) is 57.5 Å². The summed E-state index contributed by atoms with van der Waals surface area (Å²) in [4.78, 5) is 16.1. The normalized spacial score (nSPS) is 10.5. The first kappa shape index (κ1) is 15.7. The number of halogens is 2. The molecular formula is C16H10BrClN2O3. The molecule has 0 bridgehead atoms. The van der Waals surface area contributed by atoms with Gasteiger partial charge in [0.05, 0.1) is 5.56 Å². The van der Waals surface area contributed by atoms with E-state index in [1.807, 2.05) is 12.1 Å². The Morgan fingerprint density at radius 2 is 2.04 bits per heavy atom. The van der Waals surface area contributed by atoms with E-state index < -0.39 is 5.97 Å². The van der Waals surface area contributed by atoms with Crippen LogP contribution in [0, 0.1) is 0 Å². The van der Waals surface area contributed by atoms with Gasteiger partial charge in [-0.15, -0.1) is 0 Å². The van der Waals surface area contributed by atoms with Gasteiger partial charge in [-0.3, -0.25) is 0 Å². The first-order chi connectivity index (χ1) is 11.1. The molecule has 0 unspecified atom stereocenters. The topological polar surface area (TPSA) is 65.2 Å². The van der Waals surface area contributed by atoms with Crippen molar-refractivity contribution in [1.29, 1.82) is 0 Å². The molecule has 116 valence electrons. The molecule has 0 spiro atoms. The first-order valence-corrected chi connectivity index (χ1v) is 7.80. The molecule has 2 aromatic carbocycles. The number of aromatic nitrogens is 2. The summed E-state index contributed by atoms with van der Waals surface area (Å²) in [6, 6.07) is 14.0. The summed E-state index contributed by atoms with van der Waals surface area (Å²) in [6.45, 7) is -0.0983. The number of benzene rings is 2. The molecule has 5 nitrogen and oxygen atoms in total. The second kappa shape index (κ2) is 6.93. The van der Waals surface area contributed by atoms with E-state index in [-0.39, 0.29) is 12.5 Å². The van der Waals surface area contributed by atoms with Gasteiger partial charge in [-0.2, -0.15) is 4.98 Å². The highest BCUT2D eigenvalue weighted by Crippen LogP contribution is 2.20. The zero-order chi connectivity index (χ0) is 16.2. The van der Waals surface area contributed by atoms with Crippen molar-refractivity contribution in [2.75, 3.05) is 0 Å². The van der Waals surface area contributed by atoms with Gasteiger partial charge in [-0.05, 0) is 30.3 Å². The molecule has 0 N–H and O–H groups in total. The molecule has 3 aromatic rings. The minimum atomic E-state index is -0.464. The van der Waals surface area contributed by atoms with E-state index in [9.17, 15) is 4.79 Å². The second-order valence-corrected chi connectivity index (χ2v) is 5.96. The molecule has 0 aliphatic carbocycles. The molecular weight excluding hydrogens is 384 g/mol. The molecule has 0 aliphatic heterocycles. The molecule has 0 saturated heterocycles. The summed E-state index contributed by atoms with van der Waals surface area (Å²) >= 11 is 9.23. The maximum Gasteiger partial charge on any atom is 0.338 e. The second-order valence-electron chi connectivity index (χ2n) is 4.61. The largest absolute Gasteiger partial charge is 0.452 e. The summed E-state index contributed by atoms with van der Waals surface area (Å²) < 4.78 is 11.0. The van der Waals surface area contributed by atoms with Crippen molar-refractivity contribution < 1.29 is 14.1 Å². The molecule has 0 aliphatic rings. The molecule has 0 saturated carbocycles. The van der Waals surface area contributed by atoms with Gasteiger partial charge in [0.15, 0.2) is 6.61 Å². The Balaban J connectivity index is 1.67. The Bertz CT molecular complexity index is 851. The van der Waals surface area contributed by atoms with Crippen LogP contribution >= 0.6 is 27.5 Å². The van der Waals surface area contributed by atoms with E-state index in [1.165, 1.54) is 0 Å². The monoisotopic (exact) mass is 392 g/mol. The zero-order valence-electron chi connectivity index (χ0n) is 11.7. The Morgan fingerprint density at radius 3 is 2.83 bits per heavy atom. The number of ether oxygens (including phenoxy) is 1. The maximum atomic E-state index is 11.9. The predicted molar refractivity (Wildman–Crippen MR) is 88.0 cm³/mol. The van der Waals surface area contributed by atoms with E-state index in [2.05, 4.69) is 26.1 Å². The highest BCUT2D eigenvalue weighted by molar-refractivity contribution is 9.10. The van der Waals surface area contributed by atoms with Crippen LogP contribution in [0.25, 0.3) is 11.4 Å². The molecule has 0 fully saturated rings. The van der Waals surface area contributed by atoms with Crippen molar-refractivity contribution in [1.82, 2.24) is 10.1 Å². The average Bonchev–Trinajstić information content (AvgIpc) is 3.01. The molecule has 1 aromatic heterocycles. The number of esters is 1. The smallest absolute Gasteiger partial charge is 0.338 e. The van der Waals surface area contributed by atoms with Crippen LogP contribution in [-0.4, -0.2) is 16.1 Å². The van der Waals surface area contributed by atoms with Crippen LogP contribution < -0.4 is 0 Å². The van der Waals surface area contributed by atoms with Gasteiger partial charge in [0.2, 0.25) is 5.82 Å². The fourth-order valence-electron chi connectivity index (χ4n) is 1.88. The van der Waals surface area contributed by atoms with Crippen LogP contribution in [0.3, 0.4) is 0 Å². The highest BCUT2D eigenvalue weighted by atomic mass is 79.9. The average molecular weight is 394 g/mol. The molecule has 3 rings (SSSR count). The third-order valence-electron chi connectivity index (χ3n) is 2.94. The summed E-state index contributed by atoms with van der Waals surface area (Å²) in [5.74, 6) is 0.137. The van der Waals surface area contributed by atoms with Gasteiger partial charge >= 0.3 is 5.97 Å². The fraction of sp³-hybridized carbons (Fsp3) is 0.0625. The quantitative estimate of drug-likeness (QED) is 0.610. The SMILES string of the molecule is O=C(OCc1nc(-c2cccc(Cl)c2)no1)c1cccc(Br)c1. The van der Waals surface area contributed by atoms with Crippen LogP contribution in [-0.2, 0) is 11.3 Å². The predicted octanol–water partition coefficient (Wildman–Crippen LogP) is 4.51. The summed E-state index contributed by atoms with van der Waals surface area (Å²) in [5.41, 5.74) is 1.17. The lowest BCUT2D eigenvalue weighted by Gasteiger charge is -2.01. The number of carbonyl (C=O) groups excluding carboxylic acids is 1. The van der Waals surface area contributed by atoms with E-state index in [0.29, 0.717) is 16.4 Å². The zero-order valence-corrected chi connectivity index (χ0v) is 14.0. The van der Waals surface area contributed by atoms with E-state index in [4.69, 9.17) is 20.9 Å². The van der Waals surface area contributed by atoms with Crippen LogP contribution in [0.1, 0.15) is 16.2 Å². The summed E-state index contributed by atoms with van der Waals surface area (Å²) in [5, 5.41) is 4.43. The minimum absolute atomic E-state index is 0.0983. The molecule has 7 heteroatoms. The van der Waals surface area contributed by atoms with E-state index >= 15 is 0 Å². The lowest BCUT2D eigenvalue weighted by molar-refractivity contribution is 0.0429. The number of hydrogen-bond acceptors (Lipinski definition) is 5. The minimum Gasteiger partial charge on any atom is -0.452 e. The lowest BCUT2D eigenvalue weighted by Crippen LogP contribution is -2.05. The Morgan fingerprint density at radius 1 is 1.22 bits per heavy atom. The number of nitrogens with zero attached hydrogens (tertiary/aromatic N) is 2.